The molecule has 0 spiro atoms. The van der Waals surface area contributed by atoms with Gasteiger partial charge in [-0.2, -0.15) is 5.26 Å². The normalized spacial score (nSPS) is 19.0. The van der Waals surface area contributed by atoms with Crippen molar-refractivity contribution in [1.29, 1.82) is 5.26 Å². The number of amides is 1. The SMILES string of the molecule is N#Cc1ccc(CN2CCCC(C(=O)NCCN)C2)cc1. The average molecular weight is 286 g/mol. The van der Waals surface area contributed by atoms with Crippen LogP contribution in [0.2, 0.25) is 0 Å². The molecule has 0 saturated carbocycles. The zero-order valence-electron chi connectivity index (χ0n) is 12.2. The molecule has 0 radical (unpaired) electrons. The molecule has 5 heteroatoms. The molecule has 2 rings (SSSR count). The highest BCUT2D eigenvalue weighted by atomic mass is 16.1. The number of nitrogens with one attached hydrogen (secondary N) is 1. The molecule has 0 aromatic heterocycles. The largest absolute Gasteiger partial charge is 0.355 e. The summed E-state index contributed by atoms with van der Waals surface area (Å²) in [7, 11) is 0. The molecule has 112 valence electrons. The lowest BCUT2D eigenvalue weighted by Gasteiger charge is -2.32. The first-order valence-electron chi connectivity index (χ1n) is 7.42. The van der Waals surface area contributed by atoms with Crippen molar-refractivity contribution in [2.24, 2.45) is 11.7 Å². The molecule has 1 atom stereocenters. The molecule has 1 amide bonds. The highest BCUT2D eigenvalue weighted by Crippen LogP contribution is 2.19. The maximum absolute atomic E-state index is 12.0. The van der Waals surface area contributed by atoms with Crippen molar-refractivity contribution >= 4 is 5.91 Å². The van der Waals surface area contributed by atoms with Crippen molar-refractivity contribution in [3.05, 3.63) is 35.4 Å². The maximum Gasteiger partial charge on any atom is 0.224 e. The Morgan fingerprint density at radius 2 is 2.19 bits per heavy atom. The van der Waals surface area contributed by atoms with Crippen molar-refractivity contribution in [1.82, 2.24) is 10.2 Å². The van der Waals surface area contributed by atoms with Crippen LogP contribution in [0.15, 0.2) is 24.3 Å². The molecular weight excluding hydrogens is 264 g/mol. The van der Waals surface area contributed by atoms with E-state index in [9.17, 15) is 4.79 Å². The van der Waals surface area contributed by atoms with E-state index < -0.39 is 0 Å². The second-order valence-electron chi connectivity index (χ2n) is 5.46. The van der Waals surface area contributed by atoms with Gasteiger partial charge in [0.15, 0.2) is 0 Å². The number of hydrogen-bond acceptors (Lipinski definition) is 4. The smallest absolute Gasteiger partial charge is 0.224 e. The minimum absolute atomic E-state index is 0.0590. The van der Waals surface area contributed by atoms with Gasteiger partial charge in [-0.1, -0.05) is 12.1 Å². The summed E-state index contributed by atoms with van der Waals surface area (Å²) in [6.07, 6.45) is 1.98. The Morgan fingerprint density at radius 1 is 1.43 bits per heavy atom. The van der Waals surface area contributed by atoms with Gasteiger partial charge in [0, 0.05) is 26.2 Å². The zero-order chi connectivity index (χ0) is 15.1. The fraction of sp³-hybridized carbons (Fsp3) is 0.500. The van der Waals surface area contributed by atoms with Crippen LogP contribution in [0.3, 0.4) is 0 Å². The molecular formula is C16H22N4O. The number of carbonyl (C=O) groups excluding carboxylic acids is 1. The summed E-state index contributed by atoms with van der Waals surface area (Å²) < 4.78 is 0. The summed E-state index contributed by atoms with van der Waals surface area (Å²) in [5.41, 5.74) is 7.27. The molecule has 1 aliphatic heterocycles. The first-order chi connectivity index (χ1) is 10.2. The van der Waals surface area contributed by atoms with E-state index in [1.807, 2.05) is 24.3 Å². The monoisotopic (exact) mass is 286 g/mol. The lowest BCUT2D eigenvalue weighted by atomic mass is 9.96. The number of carbonyl (C=O) groups is 1. The molecule has 0 aliphatic carbocycles. The van der Waals surface area contributed by atoms with Crippen LogP contribution in [0.4, 0.5) is 0 Å². The number of hydrogen-bond donors (Lipinski definition) is 2. The minimum Gasteiger partial charge on any atom is -0.355 e. The van der Waals surface area contributed by atoms with Crippen LogP contribution < -0.4 is 11.1 Å². The second kappa shape index (κ2) is 7.77. The van der Waals surface area contributed by atoms with Gasteiger partial charge in [0.05, 0.1) is 17.6 Å². The number of nitrogens with two attached hydrogens (primary N) is 1. The van der Waals surface area contributed by atoms with Crippen molar-refractivity contribution in [3.8, 4) is 6.07 Å². The minimum atomic E-state index is 0.0590. The lowest BCUT2D eigenvalue weighted by molar-refractivity contribution is -0.126. The first kappa shape index (κ1) is 15.5. The molecule has 3 N–H and O–H groups in total. The third-order valence-corrected chi connectivity index (χ3v) is 3.81. The van der Waals surface area contributed by atoms with E-state index in [0.717, 1.165) is 32.5 Å². The fourth-order valence-electron chi connectivity index (χ4n) is 2.70. The summed E-state index contributed by atoms with van der Waals surface area (Å²) in [5.74, 6) is 0.175. The third-order valence-electron chi connectivity index (χ3n) is 3.81. The molecule has 1 aromatic carbocycles. The summed E-state index contributed by atoms with van der Waals surface area (Å²) in [5, 5.41) is 11.7. The fourth-order valence-corrected chi connectivity index (χ4v) is 2.70. The zero-order valence-corrected chi connectivity index (χ0v) is 12.2. The van der Waals surface area contributed by atoms with Gasteiger partial charge in [0.2, 0.25) is 5.91 Å². The Hall–Kier alpha value is -1.90. The molecule has 1 heterocycles. The summed E-state index contributed by atoms with van der Waals surface area (Å²) in [6, 6.07) is 9.76. The Labute approximate surface area is 125 Å². The van der Waals surface area contributed by atoms with Gasteiger partial charge in [-0.3, -0.25) is 9.69 Å². The quantitative estimate of drug-likeness (QED) is 0.840. The number of piperidine rings is 1. The topological polar surface area (TPSA) is 82.2 Å². The number of likely N-dealkylation sites (tertiary alicyclic amines) is 1. The summed E-state index contributed by atoms with van der Waals surface area (Å²) in [4.78, 5) is 14.3. The van der Waals surface area contributed by atoms with Crippen LogP contribution in [0.1, 0.15) is 24.0 Å². The van der Waals surface area contributed by atoms with Crippen LogP contribution in [-0.2, 0) is 11.3 Å². The Balaban J connectivity index is 1.88. The van der Waals surface area contributed by atoms with E-state index in [1.54, 1.807) is 0 Å². The van der Waals surface area contributed by atoms with Gasteiger partial charge in [-0.05, 0) is 37.1 Å². The average Bonchev–Trinajstić information content (AvgIpc) is 2.53. The number of nitriles is 1. The van der Waals surface area contributed by atoms with Gasteiger partial charge >= 0.3 is 0 Å². The van der Waals surface area contributed by atoms with Crippen molar-refractivity contribution in [3.63, 3.8) is 0 Å². The molecule has 1 fully saturated rings. The maximum atomic E-state index is 12.0. The first-order valence-corrected chi connectivity index (χ1v) is 7.42. The lowest BCUT2D eigenvalue weighted by Crippen LogP contribution is -2.43. The summed E-state index contributed by atoms with van der Waals surface area (Å²) >= 11 is 0. The van der Waals surface area contributed by atoms with Crippen molar-refractivity contribution in [2.45, 2.75) is 19.4 Å². The molecule has 5 nitrogen and oxygen atoms in total. The molecule has 1 unspecified atom stereocenters. The standard InChI is InChI=1S/C16H22N4O/c17-7-8-19-16(21)15-2-1-9-20(12-15)11-14-5-3-13(10-18)4-6-14/h3-6,15H,1-2,7-9,11-12,17H2,(H,19,21). The molecule has 1 aliphatic rings. The van der Waals surface area contributed by atoms with E-state index in [4.69, 9.17) is 11.0 Å². The van der Waals surface area contributed by atoms with E-state index in [0.29, 0.717) is 18.7 Å². The van der Waals surface area contributed by atoms with Crippen LogP contribution in [0.25, 0.3) is 0 Å². The van der Waals surface area contributed by atoms with Crippen LogP contribution in [0.5, 0.6) is 0 Å². The number of rotatable bonds is 5. The Kier molecular flexibility index (Phi) is 5.73. The van der Waals surface area contributed by atoms with Crippen molar-refractivity contribution in [2.75, 3.05) is 26.2 Å². The van der Waals surface area contributed by atoms with E-state index >= 15 is 0 Å². The van der Waals surface area contributed by atoms with Crippen molar-refractivity contribution < 1.29 is 4.79 Å². The van der Waals surface area contributed by atoms with Gasteiger partial charge < -0.3 is 11.1 Å². The molecule has 1 saturated heterocycles. The third kappa shape index (κ3) is 4.55. The van der Waals surface area contributed by atoms with Crippen LogP contribution in [-0.4, -0.2) is 37.0 Å². The number of nitrogens with zero attached hydrogens (tertiary/aromatic N) is 2. The van der Waals surface area contributed by atoms with Gasteiger partial charge in [-0.15, -0.1) is 0 Å². The van der Waals surface area contributed by atoms with Crippen LogP contribution >= 0.6 is 0 Å². The Bertz CT molecular complexity index is 506. The summed E-state index contributed by atoms with van der Waals surface area (Å²) in [6.45, 7) is 3.65. The van der Waals surface area contributed by atoms with E-state index in [-0.39, 0.29) is 11.8 Å². The van der Waals surface area contributed by atoms with Gasteiger partial charge in [-0.25, -0.2) is 0 Å². The second-order valence-corrected chi connectivity index (χ2v) is 5.46. The van der Waals surface area contributed by atoms with Gasteiger partial charge in [0.25, 0.3) is 0 Å². The van der Waals surface area contributed by atoms with E-state index in [1.165, 1.54) is 5.56 Å². The predicted molar refractivity (Wildman–Crippen MR) is 81.2 cm³/mol. The molecule has 21 heavy (non-hydrogen) atoms. The van der Waals surface area contributed by atoms with Crippen LogP contribution in [0, 0.1) is 17.2 Å². The molecule has 0 bridgehead atoms. The predicted octanol–water partition coefficient (Wildman–Crippen LogP) is 0.845. The van der Waals surface area contributed by atoms with Gasteiger partial charge in [0.1, 0.15) is 0 Å². The van der Waals surface area contributed by atoms with E-state index in [2.05, 4.69) is 16.3 Å². The Morgan fingerprint density at radius 3 is 2.86 bits per heavy atom. The molecule has 1 aromatic rings. The number of benzene rings is 1. The highest BCUT2D eigenvalue weighted by Gasteiger charge is 2.25. The highest BCUT2D eigenvalue weighted by molar-refractivity contribution is 5.78.